The second kappa shape index (κ2) is 11.0. The second-order valence-electron chi connectivity index (χ2n) is 9.48. The van der Waals surface area contributed by atoms with Crippen molar-refractivity contribution in [1.82, 2.24) is 4.98 Å². The number of nitro groups is 1. The lowest BCUT2D eigenvalue weighted by Crippen LogP contribution is -2.34. The van der Waals surface area contributed by atoms with Gasteiger partial charge in [-0.3, -0.25) is 14.9 Å². The number of ketones is 1. The van der Waals surface area contributed by atoms with Crippen LogP contribution >= 0.6 is 11.6 Å². The van der Waals surface area contributed by atoms with E-state index in [1.165, 1.54) is 24.3 Å². The molecule has 14 heteroatoms. The number of hydrogen-bond donors (Lipinski definition) is 0. The number of benzene rings is 2. The summed E-state index contributed by atoms with van der Waals surface area (Å²) in [5, 5.41) is 11.8. The number of fused-ring (bicyclic) bond motifs is 1. The van der Waals surface area contributed by atoms with E-state index >= 15 is 0 Å². The minimum atomic E-state index is -1.27. The molecule has 4 aromatic rings. The summed E-state index contributed by atoms with van der Waals surface area (Å²) in [5.74, 6) is -5.21. The third-order valence-electron chi connectivity index (χ3n) is 5.61. The smallest absolute Gasteiger partial charge is 0.420 e. The van der Waals surface area contributed by atoms with Crippen LogP contribution in [0.15, 0.2) is 47.0 Å². The number of aromatic nitrogens is 1. The van der Waals surface area contributed by atoms with Crippen LogP contribution in [0.3, 0.4) is 0 Å². The van der Waals surface area contributed by atoms with Gasteiger partial charge in [0.25, 0.3) is 5.69 Å². The highest BCUT2D eigenvalue weighted by Gasteiger charge is 2.34. The van der Waals surface area contributed by atoms with Gasteiger partial charge in [-0.15, -0.1) is 0 Å². The van der Waals surface area contributed by atoms with Gasteiger partial charge >= 0.3 is 6.09 Å². The first-order chi connectivity index (χ1) is 19.3. The van der Waals surface area contributed by atoms with Crippen molar-refractivity contribution in [2.24, 2.45) is 0 Å². The number of methoxy groups -OCH3 is 2. The van der Waals surface area contributed by atoms with Crippen LogP contribution in [0, 0.1) is 21.7 Å². The number of para-hydroxylation sites is 1. The Morgan fingerprint density at radius 3 is 2.27 bits per heavy atom. The summed E-state index contributed by atoms with van der Waals surface area (Å²) < 4.78 is 50.6. The van der Waals surface area contributed by atoms with Gasteiger partial charge in [0.2, 0.25) is 5.78 Å². The molecule has 2 aromatic heterocycles. The summed E-state index contributed by atoms with van der Waals surface area (Å²) in [4.78, 5) is 42.6. The average Bonchev–Trinajstić information content (AvgIpc) is 3.32. The van der Waals surface area contributed by atoms with E-state index in [9.17, 15) is 28.5 Å². The number of amides is 1. The third kappa shape index (κ3) is 5.61. The Morgan fingerprint density at radius 1 is 1.07 bits per heavy atom. The number of nitrogens with zero attached hydrogens (tertiary/aromatic N) is 3. The summed E-state index contributed by atoms with van der Waals surface area (Å²) in [6.07, 6.45) is 0.0911. The van der Waals surface area contributed by atoms with Crippen molar-refractivity contribution in [3.8, 4) is 11.5 Å². The maximum atomic E-state index is 14.9. The van der Waals surface area contributed by atoms with Gasteiger partial charge in [0.05, 0.1) is 30.4 Å². The normalized spacial score (nSPS) is 11.3. The molecule has 2 aromatic carbocycles. The maximum Gasteiger partial charge on any atom is 0.420 e. The molecule has 0 N–H and O–H groups in total. The number of halogens is 3. The molecule has 0 atom stereocenters. The van der Waals surface area contributed by atoms with Gasteiger partial charge in [-0.2, -0.15) is 0 Å². The number of carbonyl (C=O) groups excluding carboxylic acids is 2. The summed E-state index contributed by atoms with van der Waals surface area (Å²) in [5.41, 5.74) is -2.79. The summed E-state index contributed by atoms with van der Waals surface area (Å²) in [6, 6.07) is 7.23. The molecule has 0 spiro atoms. The molecule has 11 nitrogen and oxygen atoms in total. The molecule has 0 bridgehead atoms. The SMILES string of the molecule is COc1cc(OC)c(F)c(C(=O)c2cc3cc(N(C(=O)OC(C)(C)C)c4c(Cl)cccc4[N+](=O)[O-])ncc3o2)c1F. The van der Waals surface area contributed by atoms with Crippen molar-refractivity contribution in [2.45, 2.75) is 26.4 Å². The Hall–Kier alpha value is -4.78. The van der Waals surface area contributed by atoms with E-state index in [1.807, 2.05) is 0 Å². The van der Waals surface area contributed by atoms with Crippen LogP contribution in [0.4, 0.5) is 30.8 Å². The molecule has 4 rings (SSSR count). The van der Waals surface area contributed by atoms with E-state index in [-0.39, 0.29) is 27.5 Å². The van der Waals surface area contributed by atoms with Crippen LogP contribution in [0.2, 0.25) is 5.02 Å². The van der Waals surface area contributed by atoms with Gasteiger partial charge in [0.1, 0.15) is 17.0 Å². The monoisotopic (exact) mass is 589 g/mol. The van der Waals surface area contributed by atoms with Crippen LogP contribution in [-0.4, -0.2) is 41.6 Å². The molecule has 1 amide bonds. The molecule has 0 unspecified atom stereocenters. The fraction of sp³-hybridized carbons (Fsp3) is 0.222. The van der Waals surface area contributed by atoms with E-state index in [4.69, 9.17) is 30.2 Å². The van der Waals surface area contributed by atoms with Crippen molar-refractivity contribution in [3.63, 3.8) is 0 Å². The molecular weight excluding hydrogens is 568 g/mol. The first-order valence-corrected chi connectivity index (χ1v) is 12.2. The van der Waals surface area contributed by atoms with Gasteiger partial charge in [-0.1, -0.05) is 17.7 Å². The van der Waals surface area contributed by atoms with Gasteiger partial charge in [-0.25, -0.2) is 23.5 Å². The topological polar surface area (TPSA) is 134 Å². The maximum absolute atomic E-state index is 14.9. The highest BCUT2D eigenvalue weighted by atomic mass is 35.5. The van der Waals surface area contributed by atoms with Crippen LogP contribution < -0.4 is 14.4 Å². The van der Waals surface area contributed by atoms with Crippen LogP contribution in [0.1, 0.15) is 36.9 Å². The summed E-state index contributed by atoms with van der Waals surface area (Å²) >= 11 is 6.31. The quantitative estimate of drug-likeness (QED) is 0.127. The predicted octanol–water partition coefficient (Wildman–Crippen LogP) is 6.99. The van der Waals surface area contributed by atoms with Crippen molar-refractivity contribution < 1.29 is 41.9 Å². The molecule has 0 saturated carbocycles. The highest BCUT2D eigenvalue weighted by molar-refractivity contribution is 6.34. The Labute approximate surface area is 236 Å². The van der Waals surface area contributed by atoms with Crippen molar-refractivity contribution in [3.05, 3.63) is 80.7 Å². The zero-order valence-electron chi connectivity index (χ0n) is 22.3. The third-order valence-corrected chi connectivity index (χ3v) is 5.91. The minimum absolute atomic E-state index is 0.00516. The largest absolute Gasteiger partial charge is 0.494 e. The standard InChI is InChI=1S/C27H22ClF2N3O8/c1-27(2,3)41-26(35)32(24-14(28)7-6-8-15(24)33(36)37)20-10-13-9-18(40-19(13)12-31-20)25(34)21-22(29)16(38-4)11-17(39-5)23(21)30/h6-12H,1-5H3. The molecular formula is C27H22ClF2N3O8. The van der Waals surface area contributed by atoms with Gasteiger partial charge < -0.3 is 18.6 Å². The molecule has 0 aliphatic rings. The van der Waals surface area contributed by atoms with E-state index in [1.54, 1.807) is 20.8 Å². The molecule has 2 heterocycles. The second-order valence-corrected chi connectivity index (χ2v) is 9.89. The Morgan fingerprint density at radius 2 is 1.71 bits per heavy atom. The van der Waals surface area contributed by atoms with Gasteiger partial charge in [-0.05, 0) is 39.0 Å². The molecule has 0 radical (unpaired) electrons. The minimum Gasteiger partial charge on any atom is -0.494 e. The van der Waals surface area contributed by atoms with Crippen molar-refractivity contribution in [1.29, 1.82) is 0 Å². The molecule has 0 saturated heterocycles. The molecule has 0 aliphatic carbocycles. The number of furan rings is 1. The average molecular weight is 590 g/mol. The van der Waals surface area contributed by atoms with Crippen molar-refractivity contribution >= 4 is 51.6 Å². The molecule has 0 aliphatic heterocycles. The number of anilines is 2. The first kappa shape index (κ1) is 29.2. The van der Waals surface area contributed by atoms with Gasteiger partial charge in [0, 0.05) is 17.5 Å². The van der Waals surface area contributed by atoms with E-state index in [0.717, 1.165) is 37.4 Å². The lowest BCUT2D eigenvalue weighted by Gasteiger charge is -2.27. The fourth-order valence-corrected chi connectivity index (χ4v) is 4.11. The van der Waals surface area contributed by atoms with E-state index < -0.39 is 62.5 Å². The van der Waals surface area contributed by atoms with Crippen LogP contribution in [0.25, 0.3) is 11.0 Å². The number of pyridine rings is 1. The zero-order chi connectivity index (χ0) is 30.2. The number of rotatable bonds is 7. The van der Waals surface area contributed by atoms with Crippen molar-refractivity contribution in [2.75, 3.05) is 19.1 Å². The number of ether oxygens (including phenoxy) is 3. The molecule has 214 valence electrons. The molecule has 0 fully saturated rings. The predicted molar refractivity (Wildman–Crippen MR) is 143 cm³/mol. The Kier molecular flexibility index (Phi) is 7.84. The number of carbonyl (C=O) groups is 2. The summed E-state index contributed by atoms with van der Waals surface area (Å²) in [6.45, 7) is 4.79. The Bertz CT molecular complexity index is 1670. The zero-order valence-corrected chi connectivity index (χ0v) is 23.0. The van der Waals surface area contributed by atoms with E-state index in [2.05, 4.69) is 4.98 Å². The molecule has 41 heavy (non-hydrogen) atoms. The first-order valence-electron chi connectivity index (χ1n) is 11.8. The number of nitro benzene ring substituents is 1. The summed E-state index contributed by atoms with van der Waals surface area (Å²) in [7, 11) is 2.27. The number of hydrogen-bond acceptors (Lipinski definition) is 9. The lowest BCUT2D eigenvalue weighted by atomic mass is 10.1. The fourth-order valence-electron chi connectivity index (χ4n) is 3.86. The van der Waals surface area contributed by atoms with Crippen LogP contribution in [0.5, 0.6) is 11.5 Å². The Balaban J connectivity index is 1.87. The highest BCUT2D eigenvalue weighted by Crippen LogP contribution is 2.41. The lowest BCUT2D eigenvalue weighted by molar-refractivity contribution is -0.384. The van der Waals surface area contributed by atoms with Gasteiger partial charge in [0.15, 0.2) is 40.2 Å². The van der Waals surface area contributed by atoms with E-state index in [0.29, 0.717) is 0 Å². The van der Waals surface area contributed by atoms with Crippen LogP contribution in [-0.2, 0) is 4.74 Å².